The van der Waals surface area contributed by atoms with Crippen LogP contribution in [0.2, 0.25) is 0 Å². The molecule has 0 bridgehead atoms. The zero-order valence-corrected chi connectivity index (χ0v) is 8.90. The molecule has 3 heteroatoms. The Balaban J connectivity index is 2.21. The second-order valence-electron chi connectivity index (χ2n) is 3.39. The van der Waals surface area contributed by atoms with Crippen LogP contribution in [-0.2, 0) is 0 Å². The average molecular weight is 204 g/mol. The summed E-state index contributed by atoms with van der Waals surface area (Å²) in [5.74, 6) is 0. The first kappa shape index (κ1) is 9.21. The number of anilines is 1. The molecule has 1 aromatic carbocycles. The van der Waals surface area contributed by atoms with Crippen LogP contribution in [-0.4, -0.2) is 10.9 Å². The van der Waals surface area contributed by atoms with Gasteiger partial charge in [-0.3, -0.25) is 0 Å². The van der Waals surface area contributed by atoms with E-state index in [0.717, 1.165) is 17.8 Å². The minimum absolute atomic E-state index is 0.822. The number of nitrogens with zero attached hydrogens (tertiary/aromatic N) is 1. The van der Waals surface area contributed by atoms with Gasteiger partial charge in [0.1, 0.15) is 0 Å². The third-order valence-corrected chi connectivity index (χ3v) is 2.73. The Bertz CT molecular complexity index is 459. The molecule has 0 atom stereocenters. The van der Waals surface area contributed by atoms with E-state index in [-0.39, 0.29) is 0 Å². The monoisotopic (exact) mass is 204 g/mol. The van der Waals surface area contributed by atoms with Gasteiger partial charge < -0.3 is 5.32 Å². The summed E-state index contributed by atoms with van der Waals surface area (Å²) >= 11 is 1.53. The van der Waals surface area contributed by atoms with Gasteiger partial charge in [0.05, 0.1) is 4.70 Å². The molecule has 2 aromatic rings. The SMILES string of the molecule is C=C(C)CNc1ccc2sncc2c1. The summed E-state index contributed by atoms with van der Waals surface area (Å²) in [4.78, 5) is 0. The van der Waals surface area contributed by atoms with Gasteiger partial charge in [-0.25, -0.2) is 0 Å². The van der Waals surface area contributed by atoms with Crippen LogP contribution in [0.3, 0.4) is 0 Å². The number of nitrogens with one attached hydrogen (secondary N) is 1. The highest BCUT2D eigenvalue weighted by molar-refractivity contribution is 7.13. The van der Waals surface area contributed by atoms with E-state index in [9.17, 15) is 0 Å². The first-order valence-corrected chi connectivity index (χ1v) is 5.26. The fraction of sp³-hybridized carbons (Fsp3) is 0.182. The maximum atomic E-state index is 4.13. The molecular weight excluding hydrogens is 192 g/mol. The van der Waals surface area contributed by atoms with Crippen molar-refractivity contribution < 1.29 is 0 Å². The van der Waals surface area contributed by atoms with Crippen LogP contribution in [0.15, 0.2) is 36.5 Å². The van der Waals surface area contributed by atoms with Gasteiger partial charge in [0.25, 0.3) is 0 Å². The molecule has 2 rings (SSSR count). The Morgan fingerprint density at radius 1 is 1.57 bits per heavy atom. The highest BCUT2D eigenvalue weighted by atomic mass is 32.1. The van der Waals surface area contributed by atoms with Crippen LogP contribution >= 0.6 is 11.5 Å². The average Bonchev–Trinajstić information content (AvgIpc) is 2.61. The fourth-order valence-electron chi connectivity index (χ4n) is 1.24. The van der Waals surface area contributed by atoms with Crippen molar-refractivity contribution in [1.82, 2.24) is 4.37 Å². The lowest BCUT2D eigenvalue weighted by molar-refractivity contribution is 1.22. The lowest BCUT2D eigenvalue weighted by atomic mass is 10.2. The minimum atomic E-state index is 0.822. The summed E-state index contributed by atoms with van der Waals surface area (Å²) in [6.07, 6.45) is 1.89. The summed E-state index contributed by atoms with van der Waals surface area (Å²) in [5.41, 5.74) is 2.26. The van der Waals surface area contributed by atoms with E-state index in [1.165, 1.54) is 21.6 Å². The summed E-state index contributed by atoms with van der Waals surface area (Å²) in [7, 11) is 0. The highest BCUT2D eigenvalue weighted by Crippen LogP contribution is 2.21. The largest absolute Gasteiger partial charge is 0.381 e. The first-order valence-electron chi connectivity index (χ1n) is 4.48. The van der Waals surface area contributed by atoms with Crippen LogP contribution in [0.1, 0.15) is 6.92 Å². The summed E-state index contributed by atoms with van der Waals surface area (Å²) < 4.78 is 5.36. The molecule has 0 amide bonds. The third-order valence-electron chi connectivity index (χ3n) is 1.95. The molecule has 0 saturated carbocycles. The maximum absolute atomic E-state index is 4.13. The van der Waals surface area contributed by atoms with Gasteiger partial charge in [-0.15, -0.1) is 0 Å². The predicted octanol–water partition coefficient (Wildman–Crippen LogP) is 3.28. The molecule has 0 unspecified atom stereocenters. The van der Waals surface area contributed by atoms with Gasteiger partial charge in [0, 0.05) is 23.8 Å². The van der Waals surface area contributed by atoms with E-state index in [1.54, 1.807) is 0 Å². The molecule has 0 radical (unpaired) electrons. The number of fused-ring (bicyclic) bond motifs is 1. The second-order valence-corrected chi connectivity index (χ2v) is 4.22. The van der Waals surface area contributed by atoms with Crippen molar-refractivity contribution in [3.05, 3.63) is 36.5 Å². The molecule has 1 heterocycles. The highest BCUT2D eigenvalue weighted by Gasteiger charge is 1.97. The van der Waals surface area contributed by atoms with Crippen LogP contribution < -0.4 is 5.32 Å². The van der Waals surface area contributed by atoms with Gasteiger partial charge in [-0.2, -0.15) is 4.37 Å². The Hall–Kier alpha value is -1.35. The standard InChI is InChI=1S/C11H12N2S/c1-8(2)6-12-10-3-4-11-9(5-10)7-13-14-11/h3-5,7,12H,1,6H2,2H3. The number of hydrogen-bond acceptors (Lipinski definition) is 3. The third kappa shape index (κ3) is 1.93. The summed E-state index contributed by atoms with van der Waals surface area (Å²) in [6, 6.07) is 6.28. The van der Waals surface area contributed by atoms with E-state index < -0.39 is 0 Å². The van der Waals surface area contributed by atoms with Crippen LogP contribution in [0.25, 0.3) is 10.1 Å². The molecular formula is C11H12N2S. The van der Waals surface area contributed by atoms with E-state index in [1.807, 2.05) is 13.1 Å². The fourth-order valence-corrected chi connectivity index (χ4v) is 1.86. The lowest BCUT2D eigenvalue weighted by Gasteiger charge is -2.05. The van der Waals surface area contributed by atoms with Crippen molar-refractivity contribution in [2.75, 3.05) is 11.9 Å². The topological polar surface area (TPSA) is 24.9 Å². The van der Waals surface area contributed by atoms with E-state index in [4.69, 9.17) is 0 Å². The maximum Gasteiger partial charge on any atom is 0.0551 e. The molecule has 72 valence electrons. The lowest BCUT2D eigenvalue weighted by Crippen LogP contribution is -2.01. The number of aromatic nitrogens is 1. The Kier molecular flexibility index (Phi) is 2.50. The number of benzene rings is 1. The van der Waals surface area contributed by atoms with Crippen LogP contribution in [0.5, 0.6) is 0 Å². The van der Waals surface area contributed by atoms with E-state index in [2.05, 4.69) is 34.5 Å². The zero-order chi connectivity index (χ0) is 9.97. The van der Waals surface area contributed by atoms with Gasteiger partial charge in [0.2, 0.25) is 0 Å². The molecule has 0 aliphatic heterocycles. The molecule has 0 saturated heterocycles. The van der Waals surface area contributed by atoms with Crippen LogP contribution in [0, 0.1) is 0 Å². The van der Waals surface area contributed by atoms with Crippen molar-refractivity contribution in [2.24, 2.45) is 0 Å². The second kappa shape index (κ2) is 3.80. The molecule has 1 N–H and O–H groups in total. The molecule has 0 spiro atoms. The quantitative estimate of drug-likeness (QED) is 0.776. The summed E-state index contributed by atoms with van der Waals surface area (Å²) in [6.45, 7) is 6.68. The predicted molar refractivity (Wildman–Crippen MR) is 62.9 cm³/mol. The number of hydrogen-bond donors (Lipinski definition) is 1. The van der Waals surface area contributed by atoms with Crippen LogP contribution in [0.4, 0.5) is 5.69 Å². The van der Waals surface area contributed by atoms with Gasteiger partial charge in [-0.1, -0.05) is 12.2 Å². The molecule has 0 fully saturated rings. The zero-order valence-electron chi connectivity index (χ0n) is 8.08. The molecule has 1 aromatic heterocycles. The van der Waals surface area contributed by atoms with Crippen molar-refractivity contribution >= 4 is 27.3 Å². The number of rotatable bonds is 3. The molecule has 0 aliphatic carbocycles. The summed E-state index contributed by atoms with van der Waals surface area (Å²) in [5, 5.41) is 4.50. The van der Waals surface area contributed by atoms with Crippen molar-refractivity contribution in [3.8, 4) is 0 Å². The molecule has 14 heavy (non-hydrogen) atoms. The Morgan fingerprint density at radius 3 is 3.21 bits per heavy atom. The van der Waals surface area contributed by atoms with Gasteiger partial charge >= 0.3 is 0 Å². The van der Waals surface area contributed by atoms with Gasteiger partial charge in [0.15, 0.2) is 0 Å². The van der Waals surface area contributed by atoms with E-state index in [0.29, 0.717) is 0 Å². The van der Waals surface area contributed by atoms with Crippen molar-refractivity contribution in [3.63, 3.8) is 0 Å². The van der Waals surface area contributed by atoms with Crippen molar-refractivity contribution in [2.45, 2.75) is 6.92 Å². The normalized spacial score (nSPS) is 10.4. The Morgan fingerprint density at radius 2 is 2.43 bits per heavy atom. The minimum Gasteiger partial charge on any atom is -0.381 e. The van der Waals surface area contributed by atoms with Gasteiger partial charge in [-0.05, 0) is 36.7 Å². The first-order chi connectivity index (χ1) is 6.75. The van der Waals surface area contributed by atoms with E-state index >= 15 is 0 Å². The van der Waals surface area contributed by atoms with Crippen molar-refractivity contribution in [1.29, 1.82) is 0 Å². The molecule has 2 nitrogen and oxygen atoms in total. The molecule has 0 aliphatic rings. The Labute approximate surface area is 87.4 Å². The smallest absolute Gasteiger partial charge is 0.0551 e.